The Morgan fingerprint density at radius 2 is 1.00 bits per heavy atom. The molecule has 0 heterocycles. The maximum absolute atomic E-state index is 5.06. The molecule has 0 rings (SSSR count). The van der Waals surface area contributed by atoms with E-state index in [9.17, 15) is 0 Å². The first kappa shape index (κ1) is 24.2. The van der Waals surface area contributed by atoms with Crippen LogP contribution in [0.2, 0.25) is 0 Å². The SMILES string of the molecule is C.CC.CCCCCCC.NCCCN. The Morgan fingerprint density at radius 3 is 1.13 bits per heavy atom. The first-order valence-electron chi connectivity index (χ1n) is 6.23. The minimum Gasteiger partial charge on any atom is -0.330 e. The second kappa shape index (κ2) is 37.0. The number of nitrogens with two attached hydrogens (primary N) is 2. The topological polar surface area (TPSA) is 52.0 Å². The first-order valence-corrected chi connectivity index (χ1v) is 6.23. The van der Waals surface area contributed by atoms with Gasteiger partial charge < -0.3 is 11.5 Å². The van der Waals surface area contributed by atoms with Gasteiger partial charge in [-0.05, 0) is 19.5 Å². The first-order chi connectivity index (χ1) is 6.83. The molecule has 2 heteroatoms. The number of hydrogen-bond acceptors (Lipinski definition) is 2. The van der Waals surface area contributed by atoms with E-state index in [0.29, 0.717) is 0 Å². The second-order valence-corrected chi connectivity index (χ2v) is 2.99. The molecule has 0 aliphatic rings. The largest absolute Gasteiger partial charge is 0.330 e. The lowest BCUT2D eigenvalue weighted by Crippen LogP contribution is -2.06. The summed E-state index contributed by atoms with van der Waals surface area (Å²) >= 11 is 0. The predicted octanol–water partition coefficient (Wildman–Crippen LogP) is 3.93. The molecule has 0 aromatic carbocycles. The molecule has 0 atom stereocenters. The summed E-state index contributed by atoms with van der Waals surface area (Å²) in [5.74, 6) is 0. The van der Waals surface area contributed by atoms with Crippen LogP contribution in [0.15, 0.2) is 0 Å². The fourth-order valence-corrected chi connectivity index (χ4v) is 0.795. The fraction of sp³-hybridized carbons (Fsp3) is 1.00. The summed E-state index contributed by atoms with van der Waals surface area (Å²) in [6, 6.07) is 0. The highest BCUT2D eigenvalue weighted by Gasteiger charge is 1.80. The highest BCUT2D eigenvalue weighted by atomic mass is 14.6. The second-order valence-electron chi connectivity index (χ2n) is 2.99. The van der Waals surface area contributed by atoms with E-state index in [2.05, 4.69) is 13.8 Å². The van der Waals surface area contributed by atoms with E-state index >= 15 is 0 Å². The Kier molecular flexibility index (Phi) is 59.9. The molecular weight excluding hydrogens is 184 g/mol. The van der Waals surface area contributed by atoms with Crippen LogP contribution in [0.3, 0.4) is 0 Å². The minimum atomic E-state index is 0. The van der Waals surface area contributed by atoms with Crippen molar-refractivity contribution in [2.24, 2.45) is 11.5 Å². The van der Waals surface area contributed by atoms with Crippen LogP contribution in [-0.4, -0.2) is 13.1 Å². The fourth-order valence-electron chi connectivity index (χ4n) is 0.795. The summed E-state index contributed by atoms with van der Waals surface area (Å²) in [4.78, 5) is 0. The van der Waals surface area contributed by atoms with Crippen LogP contribution in [0.25, 0.3) is 0 Å². The molecule has 4 N–H and O–H groups in total. The van der Waals surface area contributed by atoms with E-state index < -0.39 is 0 Å². The predicted molar refractivity (Wildman–Crippen MR) is 75.2 cm³/mol. The third-order valence-corrected chi connectivity index (χ3v) is 1.62. The molecule has 0 aliphatic carbocycles. The Bertz CT molecular complexity index is 50.5. The lowest BCUT2D eigenvalue weighted by atomic mass is 10.2. The zero-order valence-corrected chi connectivity index (χ0v) is 10.8. The van der Waals surface area contributed by atoms with Crippen molar-refractivity contribution in [2.75, 3.05) is 13.1 Å². The molecule has 15 heavy (non-hydrogen) atoms. The van der Waals surface area contributed by atoms with Crippen molar-refractivity contribution in [1.82, 2.24) is 0 Å². The Labute approximate surface area is 98.8 Å². The average Bonchev–Trinajstić information content (AvgIpc) is 2.24. The maximum atomic E-state index is 5.06. The quantitative estimate of drug-likeness (QED) is 0.666. The van der Waals surface area contributed by atoms with Crippen molar-refractivity contribution in [3.05, 3.63) is 0 Å². The Balaban J connectivity index is -0.0000000675. The van der Waals surface area contributed by atoms with Gasteiger partial charge in [-0.2, -0.15) is 0 Å². The van der Waals surface area contributed by atoms with Crippen LogP contribution < -0.4 is 11.5 Å². The van der Waals surface area contributed by atoms with Gasteiger partial charge >= 0.3 is 0 Å². The lowest BCUT2D eigenvalue weighted by Gasteiger charge is -1.90. The number of hydrogen-bond donors (Lipinski definition) is 2. The van der Waals surface area contributed by atoms with E-state index in [1.54, 1.807) is 0 Å². The molecule has 98 valence electrons. The molecule has 0 amide bonds. The van der Waals surface area contributed by atoms with Gasteiger partial charge in [0.05, 0.1) is 0 Å². The normalized spacial score (nSPS) is 7.60. The summed E-state index contributed by atoms with van der Waals surface area (Å²) in [5, 5.41) is 0. The molecule has 0 aromatic heterocycles. The number of unbranched alkanes of at least 4 members (excludes halogenated alkanes) is 4. The smallest absolute Gasteiger partial charge is 0.00653 e. The van der Waals surface area contributed by atoms with Crippen LogP contribution in [0.1, 0.15) is 73.6 Å². The van der Waals surface area contributed by atoms with Crippen molar-refractivity contribution in [1.29, 1.82) is 0 Å². The van der Waals surface area contributed by atoms with E-state index in [-0.39, 0.29) is 7.43 Å². The van der Waals surface area contributed by atoms with Crippen molar-refractivity contribution < 1.29 is 0 Å². The van der Waals surface area contributed by atoms with E-state index in [4.69, 9.17) is 11.5 Å². The van der Waals surface area contributed by atoms with Gasteiger partial charge in [-0.3, -0.25) is 0 Å². The molecule has 0 aliphatic heterocycles. The van der Waals surface area contributed by atoms with Gasteiger partial charge in [-0.15, -0.1) is 0 Å². The molecule has 0 radical (unpaired) electrons. The van der Waals surface area contributed by atoms with Crippen LogP contribution >= 0.6 is 0 Å². The molecule has 0 bridgehead atoms. The van der Waals surface area contributed by atoms with E-state index in [1.165, 1.54) is 32.1 Å². The summed E-state index contributed by atoms with van der Waals surface area (Å²) in [7, 11) is 0. The van der Waals surface area contributed by atoms with Crippen LogP contribution in [0.4, 0.5) is 0 Å². The monoisotopic (exact) mass is 220 g/mol. The van der Waals surface area contributed by atoms with E-state index in [1.807, 2.05) is 13.8 Å². The van der Waals surface area contributed by atoms with Gasteiger partial charge in [0, 0.05) is 0 Å². The summed E-state index contributed by atoms with van der Waals surface area (Å²) in [6.45, 7) is 9.93. The minimum absolute atomic E-state index is 0. The molecule has 0 saturated heterocycles. The van der Waals surface area contributed by atoms with Gasteiger partial charge in [-0.25, -0.2) is 0 Å². The highest BCUT2D eigenvalue weighted by molar-refractivity contribution is 4.36. The highest BCUT2D eigenvalue weighted by Crippen LogP contribution is 2.00. The Morgan fingerprint density at radius 1 is 0.667 bits per heavy atom. The van der Waals surface area contributed by atoms with Crippen molar-refractivity contribution in [3.8, 4) is 0 Å². The lowest BCUT2D eigenvalue weighted by molar-refractivity contribution is 0.656. The van der Waals surface area contributed by atoms with Crippen molar-refractivity contribution >= 4 is 0 Å². The van der Waals surface area contributed by atoms with E-state index in [0.717, 1.165) is 19.5 Å². The molecule has 0 saturated carbocycles. The van der Waals surface area contributed by atoms with Crippen LogP contribution in [-0.2, 0) is 0 Å². The molecule has 0 spiro atoms. The van der Waals surface area contributed by atoms with Crippen LogP contribution in [0.5, 0.6) is 0 Å². The molecule has 0 aromatic rings. The molecule has 0 fully saturated rings. The van der Waals surface area contributed by atoms with Gasteiger partial charge in [0.1, 0.15) is 0 Å². The van der Waals surface area contributed by atoms with Crippen molar-refractivity contribution in [3.63, 3.8) is 0 Å². The maximum Gasteiger partial charge on any atom is -0.00653 e. The standard InChI is InChI=1S/C7H16.C3H10N2.C2H6.CH4/c1-3-5-7-6-4-2;4-2-1-3-5;1-2;/h3-7H2,1-2H3;1-5H2;1-2H3;1H4. The molecule has 2 nitrogen and oxygen atoms in total. The summed E-state index contributed by atoms with van der Waals surface area (Å²) in [5.41, 5.74) is 10.1. The zero-order valence-electron chi connectivity index (χ0n) is 10.8. The summed E-state index contributed by atoms with van der Waals surface area (Å²) < 4.78 is 0. The third-order valence-electron chi connectivity index (χ3n) is 1.62. The van der Waals surface area contributed by atoms with Gasteiger partial charge in [0.15, 0.2) is 0 Å². The van der Waals surface area contributed by atoms with Gasteiger partial charge in [0.2, 0.25) is 0 Å². The average molecular weight is 220 g/mol. The number of rotatable bonds is 6. The van der Waals surface area contributed by atoms with Gasteiger partial charge in [-0.1, -0.05) is 67.2 Å². The third kappa shape index (κ3) is 56.4. The molecule has 0 unspecified atom stereocenters. The molecular formula is C13H36N2. The Hall–Kier alpha value is -0.0800. The zero-order chi connectivity index (χ0) is 11.7. The van der Waals surface area contributed by atoms with Crippen LogP contribution in [0, 0.1) is 0 Å². The van der Waals surface area contributed by atoms with Gasteiger partial charge in [0.25, 0.3) is 0 Å². The van der Waals surface area contributed by atoms with Crippen molar-refractivity contribution in [2.45, 2.75) is 73.6 Å². The summed E-state index contributed by atoms with van der Waals surface area (Å²) in [6.07, 6.45) is 7.95.